The Balaban J connectivity index is 2.87. The zero-order chi connectivity index (χ0) is 12.8. The minimum atomic E-state index is 0.0102. The number of hydrogen-bond donors (Lipinski definition) is 0. The molecule has 1 aromatic heterocycles. The Kier molecular flexibility index (Phi) is 4.46. The van der Waals surface area contributed by atoms with Gasteiger partial charge < -0.3 is 9.80 Å². The molecule has 0 aliphatic carbocycles. The lowest BCUT2D eigenvalue weighted by atomic mass is 10.3. The zero-order valence-corrected chi connectivity index (χ0v) is 10.3. The topological polar surface area (TPSA) is 60.2 Å². The summed E-state index contributed by atoms with van der Waals surface area (Å²) in [5.74, 6) is 0.665. The van der Waals surface area contributed by atoms with Gasteiger partial charge in [0.2, 0.25) is 5.91 Å². The lowest BCUT2D eigenvalue weighted by molar-refractivity contribution is -0.127. The van der Waals surface area contributed by atoms with Gasteiger partial charge in [-0.2, -0.15) is 5.26 Å². The summed E-state index contributed by atoms with van der Waals surface area (Å²) in [4.78, 5) is 19.2. The summed E-state index contributed by atoms with van der Waals surface area (Å²) in [6, 6.07) is 5.39. The predicted octanol–water partition coefficient (Wildman–Crippen LogP) is 0.868. The van der Waals surface area contributed by atoms with Crippen molar-refractivity contribution in [1.29, 1.82) is 5.26 Å². The molecule has 0 aromatic carbocycles. The summed E-state index contributed by atoms with van der Waals surface area (Å²) in [6.45, 7) is 2.89. The number of aromatic nitrogens is 1. The van der Waals surface area contributed by atoms with E-state index in [1.54, 1.807) is 32.4 Å². The fraction of sp³-hybridized carbons (Fsp3) is 0.417. The molecule has 5 nitrogen and oxygen atoms in total. The second-order valence-corrected chi connectivity index (χ2v) is 3.82. The molecule has 0 aliphatic rings. The number of carbonyl (C=O) groups is 1. The Morgan fingerprint density at radius 2 is 2.24 bits per heavy atom. The van der Waals surface area contributed by atoms with Crippen LogP contribution in [0.1, 0.15) is 12.5 Å². The first-order chi connectivity index (χ1) is 8.08. The smallest absolute Gasteiger partial charge is 0.241 e. The lowest BCUT2D eigenvalue weighted by Crippen LogP contribution is -2.37. The molecule has 5 heteroatoms. The molecule has 0 saturated carbocycles. The van der Waals surface area contributed by atoms with Crippen LogP contribution in [0, 0.1) is 11.3 Å². The minimum Gasteiger partial charge on any atom is -0.348 e. The van der Waals surface area contributed by atoms with Crippen molar-refractivity contribution in [2.24, 2.45) is 0 Å². The maximum absolute atomic E-state index is 11.6. The van der Waals surface area contributed by atoms with Gasteiger partial charge in [-0.1, -0.05) is 0 Å². The molecule has 0 spiro atoms. The van der Waals surface area contributed by atoms with Crippen molar-refractivity contribution < 1.29 is 4.79 Å². The van der Waals surface area contributed by atoms with E-state index in [4.69, 9.17) is 5.26 Å². The standard InChI is InChI=1S/C12H16N4O/c1-4-16(9-12(17)15(2)3)11-7-10(8-13)5-6-14-11/h5-7H,4,9H2,1-3H3. The molecule has 1 aromatic rings. The molecule has 1 rings (SSSR count). The highest BCUT2D eigenvalue weighted by Gasteiger charge is 2.12. The van der Waals surface area contributed by atoms with Crippen molar-refractivity contribution in [3.05, 3.63) is 23.9 Å². The molecule has 17 heavy (non-hydrogen) atoms. The molecule has 0 atom stereocenters. The third-order valence-electron chi connectivity index (χ3n) is 2.41. The summed E-state index contributed by atoms with van der Waals surface area (Å²) >= 11 is 0. The quantitative estimate of drug-likeness (QED) is 0.772. The fourth-order valence-electron chi connectivity index (χ4n) is 1.32. The van der Waals surface area contributed by atoms with Crippen LogP contribution in [0.25, 0.3) is 0 Å². The number of hydrogen-bond acceptors (Lipinski definition) is 4. The average Bonchev–Trinajstić information content (AvgIpc) is 2.35. The summed E-state index contributed by atoms with van der Waals surface area (Å²) < 4.78 is 0. The van der Waals surface area contributed by atoms with Crippen LogP contribution in [-0.4, -0.2) is 43.0 Å². The summed E-state index contributed by atoms with van der Waals surface area (Å²) in [7, 11) is 3.44. The summed E-state index contributed by atoms with van der Waals surface area (Å²) in [5.41, 5.74) is 0.547. The van der Waals surface area contributed by atoms with E-state index in [0.29, 0.717) is 17.9 Å². The molecule has 0 saturated heterocycles. The molecular formula is C12H16N4O. The van der Waals surface area contributed by atoms with E-state index in [2.05, 4.69) is 11.1 Å². The van der Waals surface area contributed by atoms with Gasteiger partial charge in [-0.15, -0.1) is 0 Å². The SMILES string of the molecule is CCN(CC(=O)N(C)C)c1cc(C#N)ccn1. The number of carbonyl (C=O) groups excluding carboxylic acids is 1. The Morgan fingerprint density at radius 1 is 1.53 bits per heavy atom. The lowest BCUT2D eigenvalue weighted by Gasteiger charge is -2.23. The number of likely N-dealkylation sites (N-methyl/N-ethyl adjacent to an activating group) is 2. The van der Waals surface area contributed by atoms with Crippen LogP contribution in [0.5, 0.6) is 0 Å². The van der Waals surface area contributed by atoms with E-state index in [-0.39, 0.29) is 12.5 Å². The van der Waals surface area contributed by atoms with Gasteiger partial charge in [0.1, 0.15) is 5.82 Å². The monoisotopic (exact) mass is 232 g/mol. The van der Waals surface area contributed by atoms with Crippen molar-refractivity contribution in [2.45, 2.75) is 6.92 Å². The van der Waals surface area contributed by atoms with Crippen LogP contribution in [0.15, 0.2) is 18.3 Å². The molecule has 1 heterocycles. The van der Waals surface area contributed by atoms with Gasteiger partial charge in [0.15, 0.2) is 0 Å². The molecule has 0 aliphatic heterocycles. The van der Waals surface area contributed by atoms with E-state index in [1.165, 1.54) is 4.90 Å². The zero-order valence-electron chi connectivity index (χ0n) is 10.3. The van der Waals surface area contributed by atoms with Crippen molar-refractivity contribution in [3.63, 3.8) is 0 Å². The molecule has 0 unspecified atom stereocenters. The Bertz CT molecular complexity index is 436. The molecule has 0 N–H and O–H groups in total. The van der Waals surface area contributed by atoms with Crippen molar-refractivity contribution in [1.82, 2.24) is 9.88 Å². The molecule has 0 radical (unpaired) electrons. The molecule has 0 fully saturated rings. The maximum atomic E-state index is 11.6. The summed E-state index contributed by atoms with van der Waals surface area (Å²) in [5, 5.41) is 8.82. The second-order valence-electron chi connectivity index (χ2n) is 3.82. The first-order valence-corrected chi connectivity index (χ1v) is 5.39. The number of nitriles is 1. The number of amides is 1. The average molecular weight is 232 g/mol. The van der Waals surface area contributed by atoms with Gasteiger partial charge in [0, 0.05) is 26.8 Å². The minimum absolute atomic E-state index is 0.0102. The number of nitrogens with zero attached hydrogens (tertiary/aromatic N) is 4. The van der Waals surface area contributed by atoms with Crippen LogP contribution >= 0.6 is 0 Å². The van der Waals surface area contributed by atoms with E-state index in [0.717, 1.165) is 0 Å². The van der Waals surface area contributed by atoms with E-state index in [1.807, 2.05) is 11.8 Å². The number of anilines is 1. The molecule has 90 valence electrons. The van der Waals surface area contributed by atoms with E-state index in [9.17, 15) is 4.79 Å². The van der Waals surface area contributed by atoms with Gasteiger partial charge in [-0.05, 0) is 19.1 Å². The van der Waals surface area contributed by atoms with Crippen LogP contribution in [-0.2, 0) is 4.79 Å². The van der Waals surface area contributed by atoms with Gasteiger partial charge in [-0.3, -0.25) is 4.79 Å². The van der Waals surface area contributed by atoms with Crippen molar-refractivity contribution >= 4 is 11.7 Å². The highest BCUT2D eigenvalue weighted by atomic mass is 16.2. The molecular weight excluding hydrogens is 216 g/mol. The Labute approximate surface area is 101 Å². The van der Waals surface area contributed by atoms with Crippen molar-refractivity contribution in [3.8, 4) is 6.07 Å². The highest BCUT2D eigenvalue weighted by Crippen LogP contribution is 2.11. The normalized spacial score (nSPS) is 9.53. The van der Waals surface area contributed by atoms with Gasteiger partial charge in [-0.25, -0.2) is 4.98 Å². The summed E-state index contributed by atoms with van der Waals surface area (Å²) in [6.07, 6.45) is 1.58. The van der Waals surface area contributed by atoms with Gasteiger partial charge in [0.25, 0.3) is 0 Å². The van der Waals surface area contributed by atoms with E-state index >= 15 is 0 Å². The maximum Gasteiger partial charge on any atom is 0.241 e. The third-order valence-corrected chi connectivity index (χ3v) is 2.41. The van der Waals surface area contributed by atoms with Crippen LogP contribution < -0.4 is 4.90 Å². The van der Waals surface area contributed by atoms with Gasteiger partial charge in [0.05, 0.1) is 18.2 Å². The first-order valence-electron chi connectivity index (χ1n) is 5.39. The van der Waals surface area contributed by atoms with Crippen LogP contribution in [0.2, 0.25) is 0 Å². The molecule has 0 bridgehead atoms. The second kappa shape index (κ2) is 5.85. The highest BCUT2D eigenvalue weighted by molar-refractivity contribution is 5.80. The molecule has 1 amide bonds. The Hall–Kier alpha value is -2.09. The largest absolute Gasteiger partial charge is 0.348 e. The van der Waals surface area contributed by atoms with E-state index < -0.39 is 0 Å². The fourth-order valence-corrected chi connectivity index (χ4v) is 1.32. The van der Waals surface area contributed by atoms with Crippen molar-refractivity contribution in [2.75, 3.05) is 32.1 Å². The first kappa shape index (κ1) is 13.0. The van der Waals surface area contributed by atoms with Gasteiger partial charge >= 0.3 is 0 Å². The van der Waals surface area contributed by atoms with Crippen LogP contribution in [0.3, 0.4) is 0 Å². The third kappa shape index (κ3) is 3.45. The van der Waals surface area contributed by atoms with Crippen LogP contribution in [0.4, 0.5) is 5.82 Å². The Morgan fingerprint density at radius 3 is 2.76 bits per heavy atom. The number of pyridine rings is 1. The number of rotatable bonds is 4. The predicted molar refractivity (Wildman–Crippen MR) is 65.5 cm³/mol.